The lowest BCUT2D eigenvalue weighted by atomic mass is 10.1. The van der Waals surface area contributed by atoms with Crippen molar-refractivity contribution < 1.29 is 19.1 Å². The first-order valence-corrected chi connectivity index (χ1v) is 7.46. The van der Waals surface area contributed by atoms with Gasteiger partial charge < -0.3 is 20.1 Å². The van der Waals surface area contributed by atoms with E-state index in [0.717, 1.165) is 25.0 Å². The largest absolute Gasteiger partial charge is 0.467 e. The Hall–Kier alpha value is -2.08. The van der Waals surface area contributed by atoms with Crippen LogP contribution in [0.5, 0.6) is 0 Å². The third-order valence-corrected chi connectivity index (χ3v) is 3.59. The number of urea groups is 1. The second-order valence-corrected chi connectivity index (χ2v) is 5.25. The standard InChI is InChI=1S/C16H22N2O4/c1-21-15(19)14(10-12-6-3-2-4-7-12)18-16(20)17-11-13-8-5-9-22-13/h2-4,6-7,13-14H,5,8-11H2,1H3,(H2,17,18,20)/t13?,14-/m0/s1. The number of esters is 1. The van der Waals surface area contributed by atoms with Crippen molar-refractivity contribution in [2.75, 3.05) is 20.3 Å². The van der Waals surface area contributed by atoms with Crippen molar-refractivity contribution in [2.45, 2.75) is 31.4 Å². The monoisotopic (exact) mass is 306 g/mol. The molecule has 1 aliphatic heterocycles. The molecule has 2 amide bonds. The normalized spacial score (nSPS) is 18.5. The topological polar surface area (TPSA) is 76.7 Å². The molecule has 1 fully saturated rings. The molecular weight excluding hydrogens is 284 g/mol. The first-order chi connectivity index (χ1) is 10.7. The summed E-state index contributed by atoms with van der Waals surface area (Å²) in [7, 11) is 1.31. The lowest BCUT2D eigenvalue weighted by molar-refractivity contribution is -0.142. The van der Waals surface area contributed by atoms with Gasteiger partial charge in [0, 0.05) is 19.6 Å². The Bertz CT molecular complexity index is 486. The molecule has 6 nitrogen and oxygen atoms in total. The minimum atomic E-state index is -0.711. The van der Waals surface area contributed by atoms with Crippen molar-refractivity contribution in [1.82, 2.24) is 10.6 Å². The van der Waals surface area contributed by atoms with Gasteiger partial charge in [-0.05, 0) is 18.4 Å². The van der Waals surface area contributed by atoms with Gasteiger partial charge >= 0.3 is 12.0 Å². The van der Waals surface area contributed by atoms with Crippen molar-refractivity contribution in [3.05, 3.63) is 35.9 Å². The van der Waals surface area contributed by atoms with Crippen LogP contribution < -0.4 is 10.6 Å². The van der Waals surface area contributed by atoms with Crippen LogP contribution in [0.4, 0.5) is 4.79 Å². The Kier molecular flexibility index (Phi) is 6.21. The highest BCUT2D eigenvalue weighted by atomic mass is 16.5. The van der Waals surface area contributed by atoms with Crippen LogP contribution in [0.25, 0.3) is 0 Å². The van der Waals surface area contributed by atoms with Crippen LogP contribution in [0.15, 0.2) is 30.3 Å². The van der Waals surface area contributed by atoms with Crippen LogP contribution in [0.2, 0.25) is 0 Å². The number of benzene rings is 1. The molecule has 0 radical (unpaired) electrons. The zero-order valence-corrected chi connectivity index (χ0v) is 12.7. The van der Waals surface area contributed by atoms with Gasteiger partial charge in [-0.2, -0.15) is 0 Å². The second kappa shape index (κ2) is 8.38. The Labute approximate surface area is 130 Å². The number of ether oxygens (including phenoxy) is 2. The molecule has 0 aromatic heterocycles. The highest BCUT2D eigenvalue weighted by Crippen LogP contribution is 2.10. The van der Waals surface area contributed by atoms with Crippen molar-refractivity contribution in [3.63, 3.8) is 0 Å². The number of carbonyl (C=O) groups excluding carboxylic acids is 2. The average molecular weight is 306 g/mol. The number of rotatable bonds is 6. The predicted molar refractivity (Wildman–Crippen MR) is 81.5 cm³/mol. The minimum absolute atomic E-state index is 0.0662. The summed E-state index contributed by atoms with van der Waals surface area (Å²) < 4.78 is 10.2. The van der Waals surface area contributed by atoms with Crippen LogP contribution in [-0.2, 0) is 20.7 Å². The summed E-state index contributed by atoms with van der Waals surface area (Å²) in [6, 6.07) is 8.39. The first-order valence-electron chi connectivity index (χ1n) is 7.46. The zero-order valence-electron chi connectivity index (χ0n) is 12.7. The van der Waals surface area contributed by atoms with Gasteiger partial charge in [0.15, 0.2) is 0 Å². The lowest BCUT2D eigenvalue weighted by Crippen LogP contribution is -2.48. The zero-order chi connectivity index (χ0) is 15.8. The molecule has 1 heterocycles. The maximum atomic E-state index is 11.9. The fourth-order valence-corrected chi connectivity index (χ4v) is 2.41. The smallest absolute Gasteiger partial charge is 0.328 e. The summed E-state index contributed by atoms with van der Waals surface area (Å²) >= 11 is 0. The second-order valence-electron chi connectivity index (χ2n) is 5.25. The van der Waals surface area contributed by atoms with Gasteiger partial charge in [0.1, 0.15) is 6.04 Å². The van der Waals surface area contributed by atoms with Crippen molar-refractivity contribution >= 4 is 12.0 Å². The van der Waals surface area contributed by atoms with E-state index in [1.54, 1.807) is 0 Å². The van der Waals surface area contributed by atoms with Gasteiger partial charge in [-0.15, -0.1) is 0 Å². The van der Waals surface area contributed by atoms with E-state index >= 15 is 0 Å². The molecule has 1 aromatic carbocycles. The molecule has 22 heavy (non-hydrogen) atoms. The fourth-order valence-electron chi connectivity index (χ4n) is 2.41. The molecule has 1 aliphatic rings. The molecule has 1 unspecified atom stereocenters. The molecular formula is C16H22N2O4. The summed E-state index contributed by atoms with van der Waals surface area (Å²) in [4.78, 5) is 23.8. The SMILES string of the molecule is COC(=O)[C@H](Cc1ccccc1)NC(=O)NCC1CCCO1. The quantitative estimate of drug-likeness (QED) is 0.776. The van der Waals surface area contributed by atoms with Crippen LogP contribution in [-0.4, -0.2) is 44.4 Å². The lowest BCUT2D eigenvalue weighted by Gasteiger charge is -2.18. The van der Waals surface area contributed by atoms with Crippen molar-refractivity contribution in [2.24, 2.45) is 0 Å². The Balaban J connectivity index is 1.85. The van der Waals surface area contributed by atoms with Crippen LogP contribution >= 0.6 is 0 Å². The molecule has 2 rings (SSSR count). The van der Waals surface area contributed by atoms with Crippen molar-refractivity contribution in [1.29, 1.82) is 0 Å². The van der Waals surface area contributed by atoms with E-state index in [-0.39, 0.29) is 12.1 Å². The Morgan fingerprint density at radius 2 is 2.14 bits per heavy atom. The van der Waals surface area contributed by atoms with E-state index in [1.165, 1.54) is 7.11 Å². The van der Waals surface area contributed by atoms with Crippen LogP contribution in [0, 0.1) is 0 Å². The average Bonchev–Trinajstić information content (AvgIpc) is 3.06. The number of hydrogen-bond donors (Lipinski definition) is 2. The van der Waals surface area contributed by atoms with E-state index in [1.807, 2.05) is 30.3 Å². The van der Waals surface area contributed by atoms with Crippen molar-refractivity contribution in [3.8, 4) is 0 Å². The van der Waals surface area contributed by atoms with Crippen LogP contribution in [0.3, 0.4) is 0 Å². The van der Waals surface area contributed by atoms with Gasteiger partial charge in [0.05, 0.1) is 13.2 Å². The van der Waals surface area contributed by atoms with Gasteiger partial charge in [0.25, 0.3) is 0 Å². The Morgan fingerprint density at radius 1 is 1.36 bits per heavy atom. The molecule has 1 aromatic rings. The summed E-state index contributed by atoms with van der Waals surface area (Å²) in [5.41, 5.74) is 0.956. The first kappa shape index (κ1) is 16.3. The molecule has 1 saturated heterocycles. The number of amides is 2. The molecule has 2 N–H and O–H groups in total. The van der Waals surface area contributed by atoms with E-state index in [2.05, 4.69) is 10.6 Å². The maximum Gasteiger partial charge on any atom is 0.328 e. The highest BCUT2D eigenvalue weighted by molar-refractivity contribution is 5.83. The number of hydrogen-bond acceptors (Lipinski definition) is 4. The minimum Gasteiger partial charge on any atom is -0.467 e. The predicted octanol–water partition coefficient (Wildman–Crippen LogP) is 1.25. The third kappa shape index (κ3) is 5.04. The molecule has 0 saturated carbocycles. The summed E-state index contributed by atoms with van der Waals surface area (Å²) in [6.07, 6.45) is 2.43. The number of methoxy groups -OCH3 is 1. The number of nitrogens with one attached hydrogen (secondary N) is 2. The van der Waals surface area contributed by atoms with Gasteiger partial charge in [-0.3, -0.25) is 0 Å². The summed E-state index contributed by atoms with van der Waals surface area (Å²) in [5, 5.41) is 5.40. The Morgan fingerprint density at radius 3 is 2.77 bits per heavy atom. The molecule has 120 valence electrons. The number of carbonyl (C=O) groups is 2. The summed E-state index contributed by atoms with van der Waals surface area (Å²) in [5.74, 6) is -0.462. The molecule has 0 bridgehead atoms. The molecule has 2 atom stereocenters. The molecule has 0 aliphatic carbocycles. The van der Waals surface area contributed by atoms with E-state index in [0.29, 0.717) is 13.0 Å². The highest BCUT2D eigenvalue weighted by Gasteiger charge is 2.23. The maximum absolute atomic E-state index is 11.9. The fraction of sp³-hybridized carbons (Fsp3) is 0.500. The van der Waals surface area contributed by atoms with Crippen LogP contribution in [0.1, 0.15) is 18.4 Å². The molecule has 0 spiro atoms. The van der Waals surface area contributed by atoms with Gasteiger partial charge in [-0.25, -0.2) is 9.59 Å². The van der Waals surface area contributed by atoms with Gasteiger partial charge in [0.2, 0.25) is 0 Å². The summed E-state index contributed by atoms with van der Waals surface area (Å²) in [6.45, 7) is 1.19. The third-order valence-electron chi connectivity index (χ3n) is 3.59. The van der Waals surface area contributed by atoms with E-state index in [9.17, 15) is 9.59 Å². The van der Waals surface area contributed by atoms with Gasteiger partial charge in [-0.1, -0.05) is 30.3 Å². The van der Waals surface area contributed by atoms with E-state index in [4.69, 9.17) is 9.47 Å². The van der Waals surface area contributed by atoms with E-state index < -0.39 is 12.0 Å². The molecule has 6 heteroatoms.